The van der Waals surface area contributed by atoms with Crippen LogP contribution in [0.3, 0.4) is 0 Å². The van der Waals surface area contributed by atoms with E-state index >= 15 is 0 Å². The van der Waals surface area contributed by atoms with Crippen molar-refractivity contribution in [2.24, 2.45) is 13.0 Å². The first-order chi connectivity index (χ1) is 12.0. The molecule has 132 valence electrons. The molecule has 5 heteroatoms. The largest absolute Gasteiger partial charge is 0.494 e. The maximum absolute atomic E-state index is 12.8. The van der Waals surface area contributed by atoms with E-state index in [0.29, 0.717) is 23.8 Å². The van der Waals surface area contributed by atoms with Crippen molar-refractivity contribution in [3.8, 4) is 11.6 Å². The Hall–Kier alpha value is -2.56. The summed E-state index contributed by atoms with van der Waals surface area (Å²) in [5.74, 6) is 1.82. The van der Waals surface area contributed by atoms with E-state index in [0.717, 1.165) is 34.9 Å². The molecule has 3 aromatic rings. The summed E-state index contributed by atoms with van der Waals surface area (Å²) in [5, 5.41) is 2.33. The fraction of sp³-hybridized carbons (Fsp3) is 0.400. The number of hydrogen-bond donors (Lipinski definition) is 0. The number of pyridine rings is 2. The highest BCUT2D eigenvalue weighted by atomic mass is 16.5. The van der Waals surface area contributed by atoms with Crippen molar-refractivity contribution in [1.82, 2.24) is 9.55 Å². The van der Waals surface area contributed by atoms with Gasteiger partial charge >= 0.3 is 0 Å². The second-order valence-electron chi connectivity index (χ2n) is 6.67. The van der Waals surface area contributed by atoms with E-state index in [2.05, 4.69) is 18.8 Å². The molecule has 0 N–H and O–H groups in total. The fourth-order valence-electron chi connectivity index (χ4n) is 3.09. The van der Waals surface area contributed by atoms with Gasteiger partial charge in [-0.05, 0) is 37.0 Å². The molecule has 0 saturated heterocycles. The molecule has 3 rings (SSSR count). The number of benzene rings is 1. The zero-order valence-electron chi connectivity index (χ0n) is 15.2. The standard InChI is InChI=1S/C20H24N2O3/c1-13(2)6-5-11-25-14-7-8-15-16-9-10-21-19(24-4)18(16)20(23)22(3)17(15)12-14/h7-10,12-13H,5-6,11H2,1-4H3. The second kappa shape index (κ2) is 7.13. The van der Waals surface area contributed by atoms with Gasteiger partial charge < -0.3 is 14.0 Å². The first-order valence-corrected chi connectivity index (χ1v) is 8.61. The number of aromatic nitrogens is 2. The van der Waals surface area contributed by atoms with Crippen molar-refractivity contribution in [3.63, 3.8) is 0 Å². The minimum absolute atomic E-state index is 0.121. The van der Waals surface area contributed by atoms with Crippen LogP contribution in [0.2, 0.25) is 0 Å². The van der Waals surface area contributed by atoms with Crippen LogP contribution in [0, 0.1) is 5.92 Å². The molecule has 0 aliphatic heterocycles. The molecule has 25 heavy (non-hydrogen) atoms. The molecule has 0 bridgehead atoms. The Bertz CT molecular complexity index is 960. The number of ether oxygens (including phenoxy) is 2. The van der Waals surface area contributed by atoms with Crippen molar-refractivity contribution in [3.05, 3.63) is 40.8 Å². The predicted octanol–water partition coefficient (Wildman–Crippen LogP) is 3.91. The molecule has 0 aliphatic carbocycles. The van der Waals surface area contributed by atoms with Gasteiger partial charge in [0, 0.05) is 30.1 Å². The quantitative estimate of drug-likeness (QED) is 0.504. The lowest BCUT2D eigenvalue weighted by Crippen LogP contribution is -2.18. The second-order valence-corrected chi connectivity index (χ2v) is 6.67. The Morgan fingerprint density at radius 1 is 1.20 bits per heavy atom. The van der Waals surface area contributed by atoms with Gasteiger partial charge in [-0.2, -0.15) is 0 Å². The van der Waals surface area contributed by atoms with Crippen LogP contribution in [0.25, 0.3) is 21.7 Å². The van der Waals surface area contributed by atoms with Gasteiger partial charge in [0.25, 0.3) is 5.56 Å². The summed E-state index contributed by atoms with van der Waals surface area (Å²) in [6.07, 6.45) is 3.83. The van der Waals surface area contributed by atoms with E-state index in [9.17, 15) is 4.79 Å². The van der Waals surface area contributed by atoms with Crippen molar-refractivity contribution < 1.29 is 9.47 Å². The molecule has 0 radical (unpaired) electrons. The normalized spacial score (nSPS) is 11.4. The minimum atomic E-state index is -0.121. The van der Waals surface area contributed by atoms with Gasteiger partial charge in [-0.1, -0.05) is 13.8 Å². The van der Waals surface area contributed by atoms with Crippen LogP contribution in [-0.4, -0.2) is 23.3 Å². The summed E-state index contributed by atoms with van der Waals surface area (Å²) >= 11 is 0. The SMILES string of the molecule is COc1nccc2c1c(=O)n(C)c1cc(OCCCC(C)C)ccc21. The zero-order chi connectivity index (χ0) is 18.0. The molecule has 2 heterocycles. The lowest BCUT2D eigenvalue weighted by atomic mass is 10.1. The minimum Gasteiger partial charge on any atom is -0.494 e. The summed E-state index contributed by atoms with van der Waals surface area (Å²) in [6, 6.07) is 7.73. The fourth-order valence-corrected chi connectivity index (χ4v) is 3.09. The number of fused-ring (bicyclic) bond motifs is 3. The lowest BCUT2D eigenvalue weighted by molar-refractivity contribution is 0.298. The Morgan fingerprint density at radius 2 is 2.00 bits per heavy atom. The summed E-state index contributed by atoms with van der Waals surface area (Å²) < 4.78 is 12.8. The van der Waals surface area contributed by atoms with Gasteiger partial charge in [0.2, 0.25) is 5.88 Å². The van der Waals surface area contributed by atoms with Gasteiger partial charge in [-0.25, -0.2) is 4.98 Å². The molecule has 0 unspecified atom stereocenters. The molecule has 0 aliphatic rings. The molecule has 2 aromatic heterocycles. The third-order valence-electron chi connectivity index (χ3n) is 4.44. The first-order valence-electron chi connectivity index (χ1n) is 8.61. The number of rotatable bonds is 6. The molecule has 1 aromatic carbocycles. The van der Waals surface area contributed by atoms with Crippen molar-refractivity contribution in [1.29, 1.82) is 0 Å². The Balaban J connectivity index is 2.04. The van der Waals surface area contributed by atoms with Crippen LogP contribution < -0.4 is 15.0 Å². The predicted molar refractivity (Wildman–Crippen MR) is 101 cm³/mol. The molecule has 5 nitrogen and oxygen atoms in total. The van der Waals surface area contributed by atoms with Gasteiger partial charge in [0.15, 0.2) is 0 Å². The Kier molecular flexibility index (Phi) is 4.93. The van der Waals surface area contributed by atoms with Crippen LogP contribution in [0.4, 0.5) is 0 Å². The molecular formula is C20H24N2O3. The highest BCUT2D eigenvalue weighted by Gasteiger charge is 2.14. The van der Waals surface area contributed by atoms with Gasteiger partial charge in [-0.3, -0.25) is 4.79 Å². The first kappa shape index (κ1) is 17.3. The highest BCUT2D eigenvalue weighted by Crippen LogP contribution is 2.29. The zero-order valence-corrected chi connectivity index (χ0v) is 15.2. The average molecular weight is 340 g/mol. The number of aryl methyl sites for hydroxylation is 1. The van der Waals surface area contributed by atoms with Crippen LogP contribution in [0.1, 0.15) is 26.7 Å². The smallest absolute Gasteiger partial charge is 0.264 e. The third kappa shape index (κ3) is 3.31. The molecule has 0 fully saturated rings. The van der Waals surface area contributed by atoms with Crippen LogP contribution in [0.5, 0.6) is 11.6 Å². The van der Waals surface area contributed by atoms with Crippen LogP contribution >= 0.6 is 0 Å². The maximum Gasteiger partial charge on any atom is 0.264 e. The van der Waals surface area contributed by atoms with E-state index in [4.69, 9.17) is 9.47 Å². The van der Waals surface area contributed by atoms with E-state index in [1.54, 1.807) is 17.8 Å². The molecular weight excluding hydrogens is 316 g/mol. The van der Waals surface area contributed by atoms with E-state index < -0.39 is 0 Å². The number of methoxy groups -OCH3 is 1. The summed E-state index contributed by atoms with van der Waals surface area (Å²) in [7, 11) is 3.29. The lowest BCUT2D eigenvalue weighted by Gasteiger charge is -2.13. The van der Waals surface area contributed by atoms with Crippen molar-refractivity contribution >= 4 is 21.7 Å². The topological polar surface area (TPSA) is 53.3 Å². The Labute approximate surface area is 147 Å². The molecule has 0 saturated carbocycles. The highest BCUT2D eigenvalue weighted by molar-refractivity contribution is 6.07. The van der Waals surface area contributed by atoms with Gasteiger partial charge in [0.05, 0.1) is 19.2 Å². The van der Waals surface area contributed by atoms with Crippen molar-refractivity contribution in [2.75, 3.05) is 13.7 Å². The maximum atomic E-state index is 12.8. The third-order valence-corrected chi connectivity index (χ3v) is 4.44. The summed E-state index contributed by atoms with van der Waals surface area (Å²) in [6.45, 7) is 5.10. The number of hydrogen-bond acceptors (Lipinski definition) is 4. The number of nitrogens with zero attached hydrogens (tertiary/aromatic N) is 2. The van der Waals surface area contributed by atoms with Gasteiger partial charge in [-0.15, -0.1) is 0 Å². The van der Waals surface area contributed by atoms with Crippen LogP contribution in [-0.2, 0) is 7.05 Å². The Morgan fingerprint density at radius 3 is 2.72 bits per heavy atom. The van der Waals surface area contributed by atoms with Gasteiger partial charge in [0.1, 0.15) is 11.1 Å². The van der Waals surface area contributed by atoms with E-state index in [-0.39, 0.29) is 5.56 Å². The molecule has 0 amide bonds. The molecule has 0 spiro atoms. The molecule has 0 atom stereocenters. The monoisotopic (exact) mass is 340 g/mol. The van der Waals surface area contributed by atoms with E-state index in [1.165, 1.54) is 7.11 Å². The summed E-state index contributed by atoms with van der Waals surface area (Å²) in [4.78, 5) is 16.9. The van der Waals surface area contributed by atoms with Crippen molar-refractivity contribution in [2.45, 2.75) is 26.7 Å². The summed E-state index contributed by atoms with van der Waals surface area (Å²) in [5.41, 5.74) is 0.719. The van der Waals surface area contributed by atoms with Crippen LogP contribution in [0.15, 0.2) is 35.3 Å². The van der Waals surface area contributed by atoms with E-state index in [1.807, 2.05) is 24.3 Å². The average Bonchev–Trinajstić information content (AvgIpc) is 2.62.